The van der Waals surface area contributed by atoms with Gasteiger partial charge in [0, 0.05) is 43.8 Å². The number of amides is 2. The van der Waals surface area contributed by atoms with E-state index in [0.717, 1.165) is 24.0 Å². The monoisotopic (exact) mass is 353 g/mol. The molecular weight excluding hydrogens is 330 g/mol. The molecule has 6 heteroatoms. The molecule has 1 aliphatic rings. The van der Waals surface area contributed by atoms with Gasteiger partial charge in [-0.25, -0.2) is 4.98 Å². The fourth-order valence-corrected chi connectivity index (χ4v) is 3.00. The average Bonchev–Trinajstić information content (AvgIpc) is 2.64. The molecule has 6 nitrogen and oxygen atoms in total. The highest BCUT2D eigenvalue weighted by Gasteiger charge is 2.25. The lowest BCUT2D eigenvalue weighted by molar-refractivity contribution is 0.0588. The number of ether oxygens (including phenoxy) is 1. The molecule has 0 radical (unpaired) electrons. The van der Waals surface area contributed by atoms with Crippen LogP contribution in [0.4, 0.5) is 0 Å². The Morgan fingerprint density at radius 1 is 1.08 bits per heavy atom. The number of hydrogen-bond donors (Lipinski definition) is 1. The van der Waals surface area contributed by atoms with Crippen molar-refractivity contribution in [2.75, 3.05) is 13.1 Å². The maximum atomic E-state index is 12.7. The maximum absolute atomic E-state index is 12.7. The van der Waals surface area contributed by atoms with Crippen LogP contribution in [0.15, 0.2) is 36.5 Å². The minimum atomic E-state index is -0.512. The number of pyridine rings is 1. The van der Waals surface area contributed by atoms with E-state index in [1.165, 1.54) is 11.8 Å². The van der Waals surface area contributed by atoms with Crippen molar-refractivity contribution in [3.63, 3.8) is 0 Å². The molecule has 1 aromatic heterocycles. The molecule has 2 amide bonds. The molecule has 0 aliphatic carbocycles. The minimum absolute atomic E-state index is 0.00531. The van der Waals surface area contributed by atoms with Crippen LogP contribution in [-0.4, -0.2) is 40.9 Å². The zero-order chi connectivity index (χ0) is 18.7. The van der Waals surface area contributed by atoms with Gasteiger partial charge in [0.15, 0.2) is 0 Å². The highest BCUT2D eigenvalue weighted by atomic mass is 16.5. The number of carbonyl (C=O) groups excluding carboxylic acids is 2. The molecule has 1 aromatic carbocycles. The summed E-state index contributed by atoms with van der Waals surface area (Å²) in [6, 6.07) is 9.07. The number of piperidine rings is 1. The highest BCUT2D eigenvalue weighted by Crippen LogP contribution is 2.20. The van der Waals surface area contributed by atoms with E-state index in [-0.39, 0.29) is 12.0 Å². The van der Waals surface area contributed by atoms with Crippen LogP contribution in [0.2, 0.25) is 0 Å². The second-order valence-corrected chi connectivity index (χ2v) is 6.66. The third kappa shape index (κ3) is 4.02. The zero-order valence-corrected chi connectivity index (χ0v) is 15.1. The molecule has 1 fully saturated rings. The summed E-state index contributed by atoms with van der Waals surface area (Å²) < 4.78 is 5.86. The maximum Gasteiger partial charge on any atom is 0.253 e. The molecule has 3 rings (SSSR count). The lowest BCUT2D eigenvalue weighted by Crippen LogP contribution is -2.41. The van der Waals surface area contributed by atoms with Gasteiger partial charge in [-0.2, -0.15) is 0 Å². The molecule has 0 unspecified atom stereocenters. The average molecular weight is 353 g/mol. The predicted molar refractivity (Wildman–Crippen MR) is 98.2 cm³/mol. The largest absolute Gasteiger partial charge is 0.474 e. The van der Waals surface area contributed by atoms with Crippen LogP contribution in [-0.2, 0) is 0 Å². The Hall–Kier alpha value is -2.89. The van der Waals surface area contributed by atoms with Gasteiger partial charge in [0.05, 0.1) is 5.56 Å². The molecule has 0 spiro atoms. The quantitative estimate of drug-likeness (QED) is 0.915. The van der Waals surface area contributed by atoms with Crippen LogP contribution in [0.3, 0.4) is 0 Å². The lowest BCUT2D eigenvalue weighted by Gasteiger charge is -2.32. The van der Waals surface area contributed by atoms with Crippen molar-refractivity contribution in [2.45, 2.75) is 32.8 Å². The van der Waals surface area contributed by atoms with Gasteiger partial charge in [-0.1, -0.05) is 6.07 Å². The van der Waals surface area contributed by atoms with Gasteiger partial charge in [-0.15, -0.1) is 0 Å². The Balaban J connectivity index is 1.56. The van der Waals surface area contributed by atoms with Crippen LogP contribution in [0, 0.1) is 13.8 Å². The van der Waals surface area contributed by atoms with Crippen LogP contribution in [0.25, 0.3) is 0 Å². The second kappa shape index (κ2) is 7.56. The number of aromatic nitrogens is 1. The molecular formula is C20H23N3O3. The molecule has 0 bridgehead atoms. The Kier molecular flexibility index (Phi) is 5.21. The van der Waals surface area contributed by atoms with E-state index in [9.17, 15) is 9.59 Å². The first-order chi connectivity index (χ1) is 12.4. The van der Waals surface area contributed by atoms with Crippen molar-refractivity contribution in [1.29, 1.82) is 0 Å². The van der Waals surface area contributed by atoms with Gasteiger partial charge in [0.1, 0.15) is 6.10 Å². The van der Waals surface area contributed by atoms with E-state index >= 15 is 0 Å². The molecule has 2 N–H and O–H groups in total. The number of likely N-dealkylation sites (tertiary alicyclic amines) is 1. The van der Waals surface area contributed by atoms with Crippen molar-refractivity contribution >= 4 is 11.8 Å². The lowest BCUT2D eigenvalue weighted by atomic mass is 10.0. The number of carbonyl (C=O) groups is 2. The van der Waals surface area contributed by atoms with Crippen molar-refractivity contribution in [3.8, 4) is 5.88 Å². The van der Waals surface area contributed by atoms with Gasteiger partial charge in [-0.05, 0) is 43.2 Å². The number of hydrogen-bond acceptors (Lipinski definition) is 4. The summed E-state index contributed by atoms with van der Waals surface area (Å²) in [6.07, 6.45) is 2.91. The molecule has 1 aliphatic heterocycles. The van der Waals surface area contributed by atoms with E-state index in [1.807, 2.05) is 36.9 Å². The predicted octanol–water partition coefficient (Wildman–Crippen LogP) is 2.48. The normalized spacial score (nSPS) is 14.9. The van der Waals surface area contributed by atoms with Crippen molar-refractivity contribution < 1.29 is 14.3 Å². The van der Waals surface area contributed by atoms with Crippen LogP contribution in [0.5, 0.6) is 5.88 Å². The Bertz CT molecular complexity index is 810. The van der Waals surface area contributed by atoms with E-state index in [0.29, 0.717) is 24.5 Å². The third-order valence-corrected chi connectivity index (χ3v) is 4.79. The van der Waals surface area contributed by atoms with Gasteiger partial charge in [-0.3, -0.25) is 9.59 Å². The minimum Gasteiger partial charge on any atom is -0.474 e. The number of benzene rings is 1. The summed E-state index contributed by atoms with van der Waals surface area (Å²) in [5, 5.41) is 0. The Labute approximate surface area is 153 Å². The number of primary amides is 1. The summed E-state index contributed by atoms with van der Waals surface area (Å²) in [5.74, 6) is 0.0200. The summed E-state index contributed by atoms with van der Waals surface area (Å²) in [4.78, 5) is 29.7. The number of nitrogens with two attached hydrogens (primary N) is 1. The third-order valence-electron chi connectivity index (χ3n) is 4.79. The van der Waals surface area contributed by atoms with Crippen LogP contribution in [0.1, 0.15) is 44.7 Å². The molecule has 2 aromatic rings. The smallest absolute Gasteiger partial charge is 0.253 e. The second-order valence-electron chi connectivity index (χ2n) is 6.66. The van der Waals surface area contributed by atoms with Crippen LogP contribution >= 0.6 is 0 Å². The molecule has 26 heavy (non-hydrogen) atoms. The molecule has 2 heterocycles. The summed E-state index contributed by atoms with van der Waals surface area (Å²) in [6.45, 7) is 5.35. The van der Waals surface area contributed by atoms with Crippen molar-refractivity contribution in [1.82, 2.24) is 9.88 Å². The Morgan fingerprint density at radius 3 is 2.35 bits per heavy atom. The van der Waals surface area contributed by atoms with Gasteiger partial charge >= 0.3 is 0 Å². The molecule has 0 atom stereocenters. The number of aryl methyl sites for hydroxylation is 2. The van der Waals surface area contributed by atoms with E-state index < -0.39 is 5.91 Å². The van der Waals surface area contributed by atoms with Gasteiger partial charge < -0.3 is 15.4 Å². The van der Waals surface area contributed by atoms with Crippen molar-refractivity contribution in [3.05, 3.63) is 58.8 Å². The standard InChI is InChI=1S/C20H23N3O3/c1-13-3-4-15(11-14(13)2)20(25)23-9-7-17(8-10-23)26-18-6-5-16(12-22-18)19(21)24/h3-6,11-12,17H,7-10H2,1-2H3,(H2,21,24). The number of nitrogens with zero attached hydrogens (tertiary/aromatic N) is 2. The van der Waals surface area contributed by atoms with E-state index in [1.54, 1.807) is 12.1 Å². The first-order valence-electron chi connectivity index (χ1n) is 8.73. The number of rotatable bonds is 4. The van der Waals surface area contributed by atoms with Gasteiger partial charge in [0.25, 0.3) is 5.91 Å². The molecule has 136 valence electrons. The Morgan fingerprint density at radius 2 is 1.77 bits per heavy atom. The zero-order valence-electron chi connectivity index (χ0n) is 15.1. The topological polar surface area (TPSA) is 85.5 Å². The van der Waals surface area contributed by atoms with Gasteiger partial charge in [0.2, 0.25) is 11.8 Å². The fourth-order valence-electron chi connectivity index (χ4n) is 3.00. The summed E-state index contributed by atoms with van der Waals surface area (Å²) in [7, 11) is 0. The van der Waals surface area contributed by atoms with Crippen molar-refractivity contribution in [2.24, 2.45) is 5.73 Å². The highest BCUT2D eigenvalue weighted by molar-refractivity contribution is 5.94. The first-order valence-corrected chi connectivity index (χ1v) is 8.73. The fraction of sp³-hybridized carbons (Fsp3) is 0.350. The summed E-state index contributed by atoms with van der Waals surface area (Å²) >= 11 is 0. The first kappa shape index (κ1) is 17.9. The molecule has 0 saturated carbocycles. The summed E-state index contributed by atoms with van der Waals surface area (Å²) in [5.41, 5.74) is 8.59. The van der Waals surface area contributed by atoms with E-state index in [2.05, 4.69) is 4.98 Å². The molecule has 1 saturated heterocycles. The van der Waals surface area contributed by atoms with E-state index in [4.69, 9.17) is 10.5 Å². The SMILES string of the molecule is Cc1ccc(C(=O)N2CCC(Oc3ccc(C(N)=O)cn3)CC2)cc1C. The van der Waals surface area contributed by atoms with Crippen LogP contribution < -0.4 is 10.5 Å².